The SMILES string of the molecule is CCC(C)(N)COc1cc(=O)[nH]c(C)n1. The maximum absolute atomic E-state index is 11.1. The third kappa shape index (κ3) is 3.71. The molecule has 0 aliphatic heterocycles. The maximum atomic E-state index is 11.1. The van der Waals surface area contributed by atoms with Gasteiger partial charge >= 0.3 is 0 Å². The largest absolute Gasteiger partial charge is 0.476 e. The number of ether oxygens (including phenoxy) is 1. The molecular weight excluding hydrogens is 194 g/mol. The zero-order chi connectivity index (χ0) is 11.5. The zero-order valence-corrected chi connectivity index (χ0v) is 9.33. The number of nitrogens with one attached hydrogen (secondary N) is 1. The van der Waals surface area contributed by atoms with E-state index in [-0.39, 0.29) is 5.56 Å². The lowest BCUT2D eigenvalue weighted by Crippen LogP contribution is -2.41. The Kier molecular flexibility index (Phi) is 3.47. The summed E-state index contributed by atoms with van der Waals surface area (Å²) < 4.78 is 5.37. The molecule has 0 fully saturated rings. The average molecular weight is 211 g/mol. The second-order valence-electron chi connectivity index (χ2n) is 3.97. The normalized spacial score (nSPS) is 14.7. The molecule has 0 saturated carbocycles. The minimum absolute atomic E-state index is 0.215. The summed E-state index contributed by atoms with van der Waals surface area (Å²) in [7, 11) is 0. The van der Waals surface area contributed by atoms with Gasteiger partial charge in [0.2, 0.25) is 5.88 Å². The molecule has 1 aromatic rings. The van der Waals surface area contributed by atoms with Crippen LogP contribution in [0.5, 0.6) is 5.88 Å². The predicted octanol–water partition coefficient (Wildman–Crippen LogP) is 0.585. The van der Waals surface area contributed by atoms with Gasteiger partial charge in [-0.25, -0.2) is 4.98 Å². The molecule has 0 saturated heterocycles. The molecule has 1 atom stereocenters. The van der Waals surface area contributed by atoms with E-state index in [4.69, 9.17) is 10.5 Å². The topological polar surface area (TPSA) is 81.0 Å². The van der Waals surface area contributed by atoms with Crippen molar-refractivity contribution in [2.75, 3.05) is 6.61 Å². The Balaban J connectivity index is 2.70. The summed E-state index contributed by atoms with van der Waals surface area (Å²) in [5, 5.41) is 0. The Morgan fingerprint density at radius 1 is 1.67 bits per heavy atom. The van der Waals surface area contributed by atoms with Crippen molar-refractivity contribution < 1.29 is 4.74 Å². The van der Waals surface area contributed by atoms with Crippen molar-refractivity contribution in [3.8, 4) is 5.88 Å². The molecule has 0 aliphatic rings. The summed E-state index contributed by atoms with van der Waals surface area (Å²) >= 11 is 0. The van der Waals surface area contributed by atoms with E-state index in [0.717, 1.165) is 6.42 Å². The first-order valence-corrected chi connectivity index (χ1v) is 4.92. The first-order valence-electron chi connectivity index (χ1n) is 4.92. The number of nitrogens with zero attached hydrogens (tertiary/aromatic N) is 1. The van der Waals surface area contributed by atoms with Crippen molar-refractivity contribution >= 4 is 0 Å². The fraction of sp³-hybridized carbons (Fsp3) is 0.600. The van der Waals surface area contributed by atoms with Gasteiger partial charge in [0.1, 0.15) is 12.4 Å². The van der Waals surface area contributed by atoms with Crippen LogP contribution in [0.2, 0.25) is 0 Å². The third-order valence-corrected chi connectivity index (χ3v) is 2.19. The summed E-state index contributed by atoms with van der Waals surface area (Å²) in [6.07, 6.45) is 0.801. The highest BCUT2D eigenvalue weighted by Crippen LogP contribution is 2.08. The zero-order valence-electron chi connectivity index (χ0n) is 9.33. The van der Waals surface area contributed by atoms with Crippen LogP contribution in [-0.4, -0.2) is 22.1 Å². The standard InChI is InChI=1S/C10H17N3O2/c1-4-10(3,11)6-15-9-5-8(14)12-7(2)13-9/h5H,4,6,11H2,1-3H3,(H,12,13,14). The van der Waals surface area contributed by atoms with Crippen LogP contribution >= 0.6 is 0 Å². The van der Waals surface area contributed by atoms with Gasteiger partial charge < -0.3 is 15.5 Å². The second kappa shape index (κ2) is 4.44. The summed E-state index contributed by atoms with van der Waals surface area (Å²) in [6.45, 7) is 5.93. The van der Waals surface area contributed by atoms with E-state index in [1.807, 2.05) is 13.8 Å². The highest BCUT2D eigenvalue weighted by molar-refractivity contribution is 5.08. The van der Waals surface area contributed by atoms with Gasteiger partial charge in [-0.3, -0.25) is 4.79 Å². The maximum Gasteiger partial charge on any atom is 0.254 e. The van der Waals surface area contributed by atoms with E-state index in [2.05, 4.69) is 9.97 Å². The van der Waals surface area contributed by atoms with Crippen LogP contribution in [0.25, 0.3) is 0 Å². The molecule has 1 rings (SSSR count). The van der Waals surface area contributed by atoms with Gasteiger partial charge in [-0.05, 0) is 20.3 Å². The molecule has 5 nitrogen and oxygen atoms in total. The fourth-order valence-electron chi connectivity index (χ4n) is 0.967. The molecule has 1 aromatic heterocycles. The smallest absolute Gasteiger partial charge is 0.254 e. The molecular formula is C10H17N3O2. The predicted molar refractivity (Wildman–Crippen MR) is 58.0 cm³/mol. The van der Waals surface area contributed by atoms with Crippen LogP contribution in [0.3, 0.4) is 0 Å². The van der Waals surface area contributed by atoms with Gasteiger partial charge in [-0.1, -0.05) is 6.92 Å². The number of aromatic nitrogens is 2. The molecule has 1 unspecified atom stereocenters. The van der Waals surface area contributed by atoms with Gasteiger partial charge in [0, 0.05) is 5.54 Å². The molecule has 84 valence electrons. The summed E-state index contributed by atoms with van der Waals surface area (Å²) in [6, 6.07) is 1.32. The van der Waals surface area contributed by atoms with Crippen LogP contribution in [0.1, 0.15) is 26.1 Å². The molecule has 0 aliphatic carbocycles. The Labute approximate surface area is 88.7 Å². The van der Waals surface area contributed by atoms with Crippen molar-refractivity contribution in [1.82, 2.24) is 9.97 Å². The number of rotatable bonds is 4. The van der Waals surface area contributed by atoms with E-state index in [0.29, 0.717) is 18.3 Å². The quantitative estimate of drug-likeness (QED) is 0.763. The van der Waals surface area contributed by atoms with Gasteiger partial charge in [-0.2, -0.15) is 0 Å². The van der Waals surface area contributed by atoms with Gasteiger partial charge in [0.05, 0.1) is 6.07 Å². The van der Waals surface area contributed by atoms with E-state index in [1.165, 1.54) is 6.07 Å². The Morgan fingerprint density at radius 2 is 2.33 bits per heavy atom. The van der Waals surface area contributed by atoms with Crippen LogP contribution in [0.4, 0.5) is 0 Å². The highest BCUT2D eigenvalue weighted by atomic mass is 16.5. The molecule has 15 heavy (non-hydrogen) atoms. The third-order valence-electron chi connectivity index (χ3n) is 2.19. The van der Waals surface area contributed by atoms with Gasteiger partial charge in [-0.15, -0.1) is 0 Å². The summed E-state index contributed by atoms with van der Waals surface area (Å²) in [5.74, 6) is 0.856. The van der Waals surface area contributed by atoms with Crippen LogP contribution in [0, 0.1) is 6.92 Å². The molecule has 5 heteroatoms. The Bertz CT molecular complexity index is 384. The number of hydrogen-bond acceptors (Lipinski definition) is 4. The molecule has 1 heterocycles. The molecule has 0 amide bonds. The lowest BCUT2D eigenvalue weighted by molar-refractivity contribution is 0.218. The number of aromatic amines is 1. The van der Waals surface area contributed by atoms with E-state index >= 15 is 0 Å². The molecule has 0 radical (unpaired) electrons. The minimum Gasteiger partial charge on any atom is -0.476 e. The number of hydrogen-bond donors (Lipinski definition) is 2. The van der Waals surface area contributed by atoms with Crippen molar-refractivity contribution in [3.63, 3.8) is 0 Å². The first-order chi connectivity index (χ1) is 6.93. The van der Waals surface area contributed by atoms with Crippen LogP contribution in [-0.2, 0) is 0 Å². The van der Waals surface area contributed by atoms with Crippen molar-refractivity contribution in [2.24, 2.45) is 5.73 Å². The molecule has 0 aromatic carbocycles. The van der Waals surface area contributed by atoms with Crippen LogP contribution in [0.15, 0.2) is 10.9 Å². The van der Waals surface area contributed by atoms with Crippen LogP contribution < -0.4 is 16.0 Å². The Hall–Kier alpha value is -1.36. The first kappa shape index (κ1) is 11.7. The highest BCUT2D eigenvalue weighted by Gasteiger charge is 2.16. The van der Waals surface area contributed by atoms with E-state index in [1.54, 1.807) is 6.92 Å². The monoisotopic (exact) mass is 211 g/mol. The van der Waals surface area contributed by atoms with Gasteiger partial charge in [0.25, 0.3) is 5.56 Å². The second-order valence-corrected chi connectivity index (χ2v) is 3.97. The van der Waals surface area contributed by atoms with E-state index in [9.17, 15) is 4.79 Å². The number of nitrogens with two attached hydrogens (primary N) is 1. The average Bonchev–Trinajstić information content (AvgIpc) is 2.14. The lowest BCUT2D eigenvalue weighted by Gasteiger charge is -2.22. The number of H-pyrrole nitrogens is 1. The minimum atomic E-state index is -0.391. The Morgan fingerprint density at radius 3 is 2.87 bits per heavy atom. The van der Waals surface area contributed by atoms with Crippen molar-refractivity contribution in [3.05, 3.63) is 22.2 Å². The van der Waals surface area contributed by atoms with Gasteiger partial charge in [0.15, 0.2) is 0 Å². The molecule has 3 N–H and O–H groups in total. The fourth-order valence-corrected chi connectivity index (χ4v) is 0.967. The molecule has 0 spiro atoms. The summed E-state index contributed by atoms with van der Waals surface area (Å²) in [4.78, 5) is 17.7. The molecule has 0 bridgehead atoms. The van der Waals surface area contributed by atoms with Crippen molar-refractivity contribution in [2.45, 2.75) is 32.7 Å². The van der Waals surface area contributed by atoms with E-state index < -0.39 is 5.54 Å². The van der Waals surface area contributed by atoms with Crippen molar-refractivity contribution in [1.29, 1.82) is 0 Å². The lowest BCUT2D eigenvalue weighted by atomic mass is 10.0. The summed E-state index contributed by atoms with van der Waals surface area (Å²) in [5.41, 5.74) is 5.30. The number of aryl methyl sites for hydroxylation is 1.